The maximum atomic E-state index is 6.27. The lowest BCUT2D eigenvalue weighted by molar-refractivity contribution is 0.0528. The Labute approximate surface area is 156 Å². The summed E-state index contributed by atoms with van der Waals surface area (Å²) in [7, 11) is 1.70. The van der Waals surface area contributed by atoms with Crippen LogP contribution in [0.4, 0.5) is 0 Å². The molecule has 2 aliphatic rings. The van der Waals surface area contributed by atoms with E-state index in [9.17, 15) is 0 Å². The van der Waals surface area contributed by atoms with Gasteiger partial charge in [-0.15, -0.1) is 0 Å². The van der Waals surface area contributed by atoms with Gasteiger partial charge in [-0.3, -0.25) is 0 Å². The van der Waals surface area contributed by atoms with Crippen LogP contribution in [0.3, 0.4) is 0 Å². The van der Waals surface area contributed by atoms with Gasteiger partial charge < -0.3 is 14.4 Å². The van der Waals surface area contributed by atoms with Gasteiger partial charge >= 0.3 is 0 Å². The summed E-state index contributed by atoms with van der Waals surface area (Å²) < 4.78 is 11.7. The number of fused-ring (bicyclic) bond motifs is 1. The van der Waals surface area contributed by atoms with Gasteiger partial charge in [0.15, 0.2) is 11.5 Å². The molecule has 1 fully saturated rings. The molecular formula is C23H29NO2. The third-order valence-corrected chi connectivity index (χ3v) is 5.96. The Morgan fingerprint density at radius 1 is 0.962 bits per heavy atom. The molecule has 2 aromatic carbocycles. The van der Waals surface area contributed by atoms with Crippen molar-refractivity contribution < 1.29 is 9.47 Å². The minimum Gasteiger partial charge on any atom is -0.493 e. The second-order valence-corrected chi connectivity index (χ2v) is 7.80. The van der Waals surface area contributed by atoms with Gasteiger partial charge in [0.25, 0.3) is 0 Å². The van der Waals surface area contributed by atoms with E-state index in [1.165, 1.54) is 19.4 Å². The van der Waals surface area contributed by atoms with E-state index in [4.69, 9.17) is 9.47 Å². The molecule has 0 spiro atoms. The maximum Gasteiger partial charge on any atom is 0.161 e. The summed E-state index contributed by atoms with van der Waals surface area (Å²) >= 11 is 0. The zero-order chi connectivity index (χ0) is 17.9. The number of hydrogen-bond acceptors (Lipinski definition) is 3. The molecule has 2 atom stereocenters. The molecule has 138 valence electrons. The van der Waals surface area contributed by atoms with Gasteiger partial charge in [-0.05, 0) is 61.8 Å². The molecule has 1 aliphatic heterocycles. The maximum absolute atomic E-state index is 6.27. The number of nitrogens with zero attached hydrogens (tertiary/aromatic N) is 1. The molecule has 4 rings (SSSR count). The molecule has 1 saturated heterocycles. The molecule has 0 aromatic heterocycles. The van der Waals surface area contributed by atoms with E-state index < -0.39 is 0 Å². The minimum absolute atomic E-state index is 0.276. The van der Waals surface area contributed by atoms with Crippen molar-refractivity contribution in [1.29, 1.82) is 0 Å². The fraction of sp³-hybridized carbons (Fsp3) is 0.478. The molecule has 0 unspecified atom stereocenters. The summed E-state index contributed by atoms with van der Waals surface area (Å²) in [5, 5.41) is 0. The van der Waals surface area contributed by atoms with Crippen molar-refractivity contribution in [2.24, 2.45) is 5.92 Å². The van der Waals surface area contributed by atoms with Crippen LogP contribution in [-0.2, 0) is 12.8 Å². The number of benzene rings is 2. The fourth-order valence-corrected chi connectivity index (χ4v) is 4.56. The van der Waals surface area contributed by atoms with E-state index in [1.807, 2.05) is 24.3 Å². The van der Waals surface area contributed by atoms with Crippen molar-refractivity contribution in [1.82, 2.24) is 4.90 Å². The molecule has 1 aliphatic carbocycles. The lowest BCUT2D eigenvalue weighted by Crippen LogP contribution is -2.46. The van der Waals surface area contributed by atoms with E-state index in [1.54, 1.807) is 18.2 Å². The largest absolute Gasteiger partial charge is 0.493 e. The number of piperidine rings is 1. The molecule has 0 N–H and O–H groups in total. The molecular weight excluding hydrogens is 322 g/mol. The number of para-hydroxylation sites is 2. The number of ether oxygens (including phenoxy) is 2. The van der Waals surface area contributed by atoms with Gasteiger partial charge in [0.05, 0.1) is 7.11 Å². The molecule has 3 heteroatoms. The number of hydrogen-bond donors (Lipinski definition) is 0. The highest BCUT2D eigenvalue weighted by atomic mass is 16.5. The third kappa shape index (κ3) is 3.73. The molecule has 2 aromatic rings. The first-order valence-corrected chi connectivity index (χ1v) is 9.83. The summed E-state index contributed by atoms with van der Waals surface area (Å²) in [5.41, 5.74) is 3.11. The summed E-state index contributed by atoms with van der Waals surface area (Å²) in [4.78, 5) is 2.67. The van der Waals surface area contributed by atoms with E-state index >= 15 is 0 Å². The van der Waals surface area contributed by atoms with Crippen LogP contribution in [0.15, 0.2) is 48.5 Å². The Kier molecular flexibility index (Phi) is 5.16. The number of methoxy groups -OCH3 is 1. The lowest BCUT2D eigenvalue weighted by Gasteiger charge is -2.39. The Bertz CT molecular complexity index is 719. The molecule has 26 heavy (non-hydrogen) atoms. The minimum atomic E-state index is 0.276. The Balaban J connectivity index is 1.31. The normalized spacial score (nSPS) is 23.6. The first-order valence-electron chi connectivity index (χ1n) is 9.83. The van der Waals surface area contributed by atoms with Gasteiger partial charge in [-0.25, -0.2) is 0 Å². The van der Waals surface area contributed by atoms with Crippen molar-refractivity contribution in [2.45, 2.75) is 44.8 Å². The SMILES string of the molecule is COc1ccccc1O[C@@H]1CCN(CC2Cc3ccccc3C2)[C@H](C)C1. The first kappa shape index (κ1) is 17.4. The second-order valence-electron chi connectivity index (χ2n) is 7.80. The molecule has 3 nitrogen and oxygen atoms in total. The Morgan fingerprint density at radius 2 is 1.62 bits per heavy atom. The summed E-state index contributed by atoms with van der Waals surface area (Å²) in [6, 6.07) is 17.5. The molecule has 0 amide bonds. The first-order chi connectivity index (χ1) is 12.7. The monoisotopic (exact) mass is 351 g/mol. The topological polar surface area (TPSA) is 21.7 Å². The van der Waals surface area contributed by atoms with Crippen molar-refractivity contribution in [3.05, 3.63) is 59.7 Å². The predicted molar refractivity (Wildman–Crippen MR) is 105 cm³/mol. The van der Waals surface area contributed by atoms with E-state index in [0.29, 0.717) is 6.04 Å². The van der Waals surface area contributed by atoms with E-state index in [2.05, 4.69) is 36.1 Å². The second kappa shape index (κ2) is 7.71. The van der Waals surface area contributed by atoms with E-state index in [-0.39, 0.29) is 6.10 Å². The van der Waals surface area contributed by atoms with Crippen LogP contribution >= 0.6 is 0 Å². The average Bonchev–Trinajstić information content (AvgIpc) is 3.07. The number of rotatable bonds is 5. The quantitative estimate of drug-likeness (QED) is 0.800. The predicted octanol–water partition coefficient (Wildman–Crippen LogP) is 4.34. The van der Waals surface area contributed by atoms with Crippen LogP contribution in [0.5, 0.6) is 11.5 Å². The van der Waals surface area contributed by atoms with Crippen LogP contribution in [0.2, 0.25) is 0 Å². The van der Waals surface area contributed by atoms with Crippen LogP contribution < -0.4 is 9.47 Å². The lowest BCUT2D eigenvalue weighted by atomic mass is 9.97. The van der Waals surface area contributed by atoms with Gasteiger partial charge in [0.1, 0.15) is 6.10 Å². The Morgan fingerprint density at radius 3 is 2.27 bits per heavy atom. The Hall–Kier alpha value is -2.00. The van der Waals surface area contributed by atoms with Crippen molar-refractivity contribution in [3.8, 4) is 11.5 Å². The van der Waals surface area contributed by atoms with Crippen LogP contribution in [0.25, 0.3) is 0 Å². The average molecular weight is 351 g/mol. The number of likely N-dealkylation sites (tertiary alicyclic amines) is 1. The molecule has 0 bridgehead atoms. The molecule has 0 saturated carbocycles. The van der Waals surface area contributed by atoms with Gasteiger partial charge in [0, 0.05) is 19.1 Å². The van der Waals surface area contributed by atoms with Crippen LogP contribution in [-0.4, -0.2) is 37.2 Å². The molecule has 0 radical (unpaired) electrons. The van der Waals surface area contributed by atoms with Crippen LogP contribution in [0, 0.1) is 5.92 Å². The smallest absolute Gasteiger partial charge is 0.161 e. The third-order valence-electron chi connectivity index (χ3n) is 5.96. The van der Waals surface area contributed by atoms with Crippen molar-refractivity contribution >= 4 is 0 Å². The summed E-state index contributed by atoms with van der Waals surface area (Å²) in [5.74, 6) is 2.46. The molecule has 1 heterocycles. The van der Waals surface area contributed by atoms with Gasteiger partial charge in [-0.2, -0.15) is 0 Å². The standard InChI is InChI=1S/C23H29NO2/c1-17-13-21(26-23-10-6-5-9-22(23)25-2)11-12-24(17)16-18-14-19-7-3-4-8-20(19)15-18/h3-10,17-18,21H,11-16H2,1-2H3/t17-,21-/m1/s1. The summed E-state index contributed by atoms with van der Waals surface area (Å²) in [6.07, 6.45) is 4.92. The van der Waals surface area contributed by atoms with Crippen molar-refractivity contribution in [2.75, 3.05) is 20.2 Å². The van der Waals surface area contributed by atoms with Gasteiger partial charge in [0.2, 0.25) is 0 Å². The van der Waals surface area contributed by atoms with Gasteiger partial charge in [-0.1, -0.05) is 36.4 Å². The van der Waals surface area contributed by atoms with Crippen molar-refractivity contribution in [3.63, 3.8) is 0 Å². The highest BCUT2D eigenvalue weighted by Gasteiger charge is 2.30. The van der Waals surface area contributed by atoms with Crippen LogP contribution in [0.1, 0.15) is 30.9 Å². The zero-order valence-electron chi connectivity index (χ0n) is 15.9. The summed E-state index contributed by atoms with van der Waals surface area (Å²) in [6.45, 7) is 4.67. The van der Waals surface area contributed by atoms with E-state index in [0.717, 1.165) is 36.8 Å². The highest BCUT2D eigenvalue weighted by Crippen LogP contribution is 2.32. The fourth-order valence-electron chi connectivity index (χ4n) is 4.56. The highest BCUT2D eigenvalue weighted by molar-refractivity contribution is 5.39. The zero-order valence-corrected chi connectivity index (χ0v) is 15.9.